The normalized spacial score (nSPS) is 14.0. The topological polar surface area (TPSA) is 84.6 Å². The van der Waals surface area contributed by atoms with Crippen molar-refractivity contribution in [2.45, 2.75) is 19.8 Å². The fourth-order valence-corrected chi connectivity index (χ4v) is 3.55. The molecule has 7 heteroatoms. The summed E-state index contributed by atoms with van der Waals surface area (Å²) in [6, 6.07) is 19.0. The van der Waals surface area contributed by atoms with Crippen molar-refractivity contribution >= 4 is 17.5 Å². The van der Waals surface area contributed by atoms with Crippen LogP contribution in [0.25, 0.3) is 0 Å². The quantitative estimate of drug-likeness (QED) is 0.677. The van der Waals surface area contributed by atoms with Gasteiger partial charge in [0.2, 0.25) is 0 Å². The van der Waals surface area contributed by atoms with Gasteiger partial charge in [-0.3, -0.25) is 4.79 Å². The van der Waals surface area contributed by atoms with E-state index in [2.05, 4.69) is 41.1 Å². The standard InChI is InChI=1S/C24H27N5O2/c1-17(2)18-3-7-20(8-4-18)31-21-9-5-19(6-10-21)24(30)29-15-13-28(14-16-29)23-12-11-22(25)26-27-23/h3-12,17H,13-16H2,1-2H3,(H2,25,26). The van der Waals surface area contributed by atoms with Gasteiger partial charge >= 0.3 is 0 Å². The lowest BCUT2D eigenvalue weighted by atomic mass is 10.0. The molecule has 2 aromatic carbocycles. The van der Waals surface area contributed by atoms with Crippen LogP contribution in [0.3, 0.4) is 0 Å². The molecule has 0 unspecified atom stereocenters. The number of hydrogen-bond donors (Lipinski definition) is 1. The number of ether oxygens (including phenoxy) is 1. The predicted molar refractivity (Wildman–Crippen MR) is 122 cm³/mol. The number of aromatic nitrogens is 2. The van der Waals surface area contributed by atoms with Gasteiger partial charge in [-0.15, -0.1) is 10.2 Å². The molecule has 1 saturated heterocycles. The highest BCUT2D eigenvalue weighted by atomic mass is 16.5. The second-order valence-electron chi connectivity index (χ2n) is 7.95. The van der Waals surface area contributed by atoms with Crippen molar-refractivity contribution in [1.82, 2.24) is 15.1 Å². The van der Waals surface area contributed by atoms with Crippen LogP contribution < -0.4 is 15.4 Å². The Hall–Kier alpha value is -3.61. The van der Waals surface area contributed by atoms with E-state index < -0.39 is 0 Å². The van der Waals surface area contributed by atoms with Gasteiger partial charge in [0.25, 0.3) is 5.91 Å². The van der Waals surface area contributed by atoms with Crippen LogP contribution >= 0.6 is 0 Å². The largest absolute Gasteiger partial charge is 0.457 e. The molecule has 1 aliphatic rings. The van der Waals surface area contributed by atoms with Crippen molar-refractivity contribution < 1.29 is 9.53 Å². The van der Waals surface area contributed by atoms with E-state index >= 15 is 0 Å². The average Bonchev–Trinajstić information content (AvgIpc) is 2.80. The van der Waals surface area contributed by atoms with Gasteiger partial charge < -0.3 is 20.3 Å². The zero-order valence-electron chi connectivity index (χ0n) is 17.9. The summed E-state index contributed by atoms with van der Waals surface area (Å²) in [6.07, 6.45) is 0. The first-order valence-electron chi connectivity index (χ1n) is 10.5. The van der Waals surface area contributed by atoms with E-state index in [1.54, 1.807) is 6.07 Å². The second kappa shape index (κ2) is 9.04. The molecule has 31 heavy (non-hydrogen) atoms. The Bertz CT molecular complexity index is 1010. The molecule has 2 N–H and O–H groups in total. The summed E-state index contributed by atoms with van der Waals surface area (Å²) in [5.74, 6) is 3.18. The third-order valence-corrected chi connectivity index (χ3v) is 5.45. The lowest BCUT2D eigenvalue weighted by molar-refractivity contribution is 0.0746. The van der Waals surface area contributed by atoms with Crippen LogP contribution in [0.15, 0.2) is 60.7 Å². The summed E-state index contributed by atoms with van der Waals surface area (Å²) in [4.78, 5) is 16.9. The summed E-state index contributed by atoms with van der Waals surface area (Å²) >= 11 is 0. The van der Waals surface area contributed by atoms with Gasteiger partial charge in [-0.25, -0.2) is 0 Å². The van der Waals surface area contributed by atoms with Crippen LogP contribution in [0.2, 0.25) is 0 Å². The number of carbonyl (C=O) groups is 1. The number of rotatable bonds is 5. The highest BCUT2D eigenvalue weighted by molar-refractivity contribution is 5.94. The smallest absolute Gasteiger partial charge is 0.253 e. The van der Waals surface area contributed by atoms with Gasteiger partial charge in [0.1, 0.15) is 17.3 Å². The van der Waals surface area contributed by atoms with E-state index in [4.69, 9.17) is 10.5 Å². The van der Waals surface area contributed by atoms with E-state index in [1.165, 1.54) is 5.56 Å². The van der Waals surface area contributed by atoms with Gasteiger partial charge in [0.15, 0.2) is 5.82 Å². The highest BCUT2D eigenvalue weighted by Gasteiger charge is 2.23. The molecule has 4 rings (SSSR count). The van der Waals surface area contributed by atoms with E-state index in [0.717, 1.165) is 11.6 Å². The number of nitrogens with two attached hydrogens (primary N) is 1. The first kappa shape index (κ1) is 20.7. The molecular weight excluding hydrogens is 390 g/mol. The van der Waals surface area contributed by atoms with E-state index in [9.17, 15) is 4.79 Å². The van der Waals surface area contributed by atoms with Crippen LogP contribution in [0.4, 0.5) is 11.6 Å². The second-order valence-corrected chi connectivity index (χ2v) is 7.95. The van der Waals surface area contributed by atoms with E-state index in [-0.39, 0.29) is 5.91 Å². The van der Waals surface area contributed by atoms with Crippen LogP contribution in [0.5, 0.6) is 11.5 Å². The maximum Gasteiger partial charge on any atom is 0.253 e. The summed E-state index contributed by atoms with van der Waals surface area (Å²) in [5, 5.41) is 8.02. The van der Waals surface area contributed by atoms with Crippen LogP contribution in [0.1, 0.15) is 35.7 Å². The summed E-state index contributed by atoms with van der Waals surface area (Å²) in [7, 11) is 0. The molecule has 160 valence electrons. The molecule has 1 fully saturated rings. The van der Waals surface area contributed by atoms with Crippen molar-refractivity contribution in [2.24, 2.45) is 0 Å². The van der Waals surface area contributed by atoms with Gasteiger partial charge in [-0.1, -0.05) is 26.0 Å². The van der Waals surface area contributed by atoms with Gasteiger partial charge in [0.05, 0.1) is 0 Å². The first-order chi connectivity index (χ1) is 15.0. The third-order valence-electron chi connectivity index (χ3n) is 5.45. The van der Waals surface area contributed by atoms with Gasteiger partial charge in [-0.2, -0.15) is 0 Å². The number of carbonyl (C=O) groups excluding carboxylic acids is 1. The maximum atomic E-state index is 12.9. The van der Waals surface area contributed by atoms with E-state index in [0.29, 0.717) is 49.2 Å². The number of amides is 1. The monoisotopic (exact) mass is 417 g/mol. The molecule has 0 bridgehead atoms. The minimum absolute atomic E-state index is 0.0240. The fraction of sp³-hybridized carbons (Fsp3) is 0.292. The Morgan fingerprint density at radius 3 is 2.03 bits per heavy atom. The van der Waals surface area contributed by atoms with Crippen LogP contribution in [-0.4, -0.2) is 47.2 Å². The number of nitrogens with zero attached hydrogens (tertiary/aromatic N) is 4. The molecule has 0 aliphatic carbocycles. The molecule has 0 spiro atoms. The molecule has 0 atom stereocenters. The molecule has 2 heterocycles. The molecule has 7 nitrogen and oxygen atoms in total. The SMILES string of the molecule is CC(C)c1ccc(Oc2ccc(C(=O)N3CCN(c4ccc(N)nn4)CC3)cc2)cc1. The Labute approximate surface area is 182 Å². The first-order valence-corrected chi connectivity index (χ1v) is 10.5. The molecule has 0 saturated carbocycles. The molecule has 1 amide bonds. The summed E-state index contributed by atoms with van der Waals surface area (Å²) in [5.41, 5.74) is 7.53. The van der Waals surface area contributed by atoms with Crippen molar-refractivity contribution in [2.75, 3.05) is 36.8 Å². The predicted octanol–water partition coefficient (Wildman–Crippen LogP) is 3.94. The number of hydrogen-bond acceptors (Lipinski definition) is 6. The number of piperazine rings is 1. The Morgan fingerprint density at radius 2 is 1.48 bits per heavy atom. The fourth-order valence-electron chi connectivity index (χ4n) is 3.55. The lowest BCUT2D eigenvalue weighted by Crippen LogP contribution is -2.49. The summed E-state index contributed by atoms with van der Waals surface area (Å²) < 4.78 is 5.91. The van der Waals surface area contributed by atoms with Crippen molar-refractivity contribution in [3.8, 4) is 11.5 Å². The molecule has 0 radical (unpaired) electrons. The van der Waals surface area contributed by atoms with Crippen molar-refractivity contribution in [3.05, 3.63) is 71.8 Å². The number of nitrogen functional groups attached to an aromatic ring is 1. The van der Waals surface area contributed by atoms with Gasteiger partial charge in [0, 0.05) is 31.7 Å². The average molecular weight is 418 g/mol. The van der Waals surface area contributed by atoms with E-state index in [1.807, 2.05) is 47.4 Å². The Morgan fingerprint density at radius 1 is 0.871 bits per heavy atom. The molecule has 1 aliphatic heterocycles. The maximum absolute atomic E-state index is 12.9. The number of benzene rings is 2. The highest BCUT2D eigenvalue weighted by Crippen LogP contribution is 2.25. The third kappa shape index (κ3) is 4.94. The van der Waals surface area contributed by atoms with Crippen molar-refractivity contribution in [1.29, 1.82) is 0 Å². The van der Waals surface area contributed by atoms with Crippen LogP contribution in [-0.2, 0) is 0 Å². The zero-order valence-corrected chi connectivity index (χ0v) is 17.9. The Balaban J connectivity index is 1.33. The lowest BCUT2D eigenvalue weighted by Gasteiger charge is -2.35. The molecule has 1 aromatic heterocycles. The van der Waals surface area contributed by atoms with Crippen molar-refractivity contribution in [3.63, 3.8) is 0 Å². The van der Waals surface area contributed by atoms with Crippen LogP contribution in [0, 0.1) is 0 Å². The molecule has 3 aromatic rings. The minimum Gasteiger partial charge on any atom is -0.457 e. The van der Waals surface area contributed by atoms with Gasteiger partial charge in [-0.05, 0) is 60.0 Å². The number of anilines is 2. The minimum atomic E-state index is 0.0240. The Kier molecular flexibility index (Phi) is 6.02. The molecular formula is C24H27N5O2. The summed E-state index contributed by atoms with van der Waals surface area (Å²) in [6.45, 7) is 7.00. The zero-order chi connectivity index (χ0) is 21.8.